The van der Waals surface area contributed by atoms with Crippen LogP contribution in [0, 0.1) is 0 Å². The minimum atomic E-state index is -2.61. The lowest BCUT2D eigenvalue weighted by atomic mass is 10.1. The smallest absolute Gasteiger partial charge is 0.261 e. The highest BCUT2D eigenvalue weighted by Gasteiger charge is 2.32. The first-order valence-electron chi connectivity index (χ1n) is 10.2. The molecule has 2 aromatic heterocycles. The molecule has 1 aromatic carbocycles. The third kappa shape index (κ3) is 3.25. The Morgan fingerprint density at radius 3 is 2.90 bits per heavy atom. The summed E-state index contributed by atoms with van der Waals surface area (Å²) < 4.78 is 29.9. The minimum absolute atomic E-state index is 0.150. The zero-order chi connectivity index (χ0) is 20.0. The largest absolute Gasteiger partial charge is 0.289 e. The van der Waals surface area contributed by atoms with Crippen LogP contribution < -0.4 is 5.56 Å². The maximum atomic E-state index is 13.3. The van der Waals surface area contributed by atoms with Crippen LogP contribution in [-0.2, 0) is 26.1 Å². The highest BCUT2D eigenvalue weighted by atomic mass is 19.3. The van der Waals surface area contributed by atoms with Gasteiger partial charge in [-0.2, -0.15) is 5.10 Å². The molecule has 152 valence electrons. The number of likely N-dealkylation sites (tertiary alicyclic amines) is 1. The quantitative estimate of drug-likeness (QED) is 0.662. The van der Waals surface area contributed by atoms with Gasteiger partial charge in [-0.25, -0.2) is 13.8 Å². The Balaban J connectivity index is 1.55. The second-order valence-electron chi connectivity index (χ2n) is 7.87. The van der Waals surface area contributed by atoms with Crippen molar-refractivity contribution in [3.63, 3.8) is 0 Å². The molecule has 1 unspecified atom stereocenters. The molecule has 0 N–H and O–H groups in total. The molecular weight excluding hydrogens is 376 g/mol. The lowest BCUT2D eigenvalue weighted by Crippen LogP contribution is -2.33. The van der Waals surface area contributed by atoms with Crippen LogP contribution in [0.15, 0.2) is 35.3 Å². The fourth-order valence-corrected chi connectivity index (χ4v) is 4.74. The Bertz CT molecular complexity index is 1110. The molecule has 1 atom stereocenters. The van der Waals surface area contributed by atoms with E-state index in [4.69, 9.17) is 4.98 Å². The van der Waals surface area contributed by atoms with Gasteiger partial charge in [0.05, 0.1) is 29.7 Å². The van der Waals surface area contributed by atoms with Crippen molar-refractivity contribution in [2.24, 2.45) is 0 Å². The third-order valence-electron chi connectivity index (χ3n) is 6.07. The summed E-state index contributed by atoms with van der Waals surface area (Å²) in [5.41, 5.74) is 2.64. The van der Waals surface area contributed by atoms with E-state index in [0.29, 0.717) is 23.3 Å². The van der Waals surface area contributed by atoms with Gasteiger partial charge in [0, 0.05) is 24.3 Å². The molecule has 8 heteroatoms. The maximum absolute atomic E-state index is 13.3. The highest BCUT2D eigenvalue weighted by molar-refractivity contribution is 5.77. The van der Waals surface area contributed by atoms with Gasteiger partial charge < -0.3 is 0 Å². The van der Waals surface area contributed by atoms with Gasteiger partial charge in [0.1, 0.15) is 5.82 Å². The van der Waals surface area contributed by atoms with Gasteiger partial charge in [-0.05, 0) is 44.4 Å². The van der Waals surface area contributed by atoms with Crippen molar-refractivity contribution in [1.82, 2.24) is 24.2 Å². The summed E-state index contributed by atoms with van der Waals surface area (Å²) >= 11 is 0. The lowest BCUT2D eigenvalue weighted by Gasteiger charge is -2.26. The van der Waals surface area contributed by atoms with Crippen molar-refractivity contribution in [2.45, 2.75) is 57.8 Å². The minimum Gasteiger partial charge on any atom is -0.289 e. The Hall–Kier alpha value is -2.61. The van der Waals surface area contributed by atoms with Crippen molar-refractivity contribution in [3.05, 3.63) is 57.9 Å². The molecule has 0 saturated carbocycles. The van der Waals surface area contributed by atoms with E-state index in [-0.39, 0.29) is 11.6 Å². The first-order chi connectivity index (χ1) is 14.1. The number of hydrogen-bond donors (Lipinski definition) is 0. The van der Waals surface area contributed by atoms with Crippen molar-refractivity contribution in [2.75, 3.05) is 6.54 Å². The molecule has 0 bridgehead atoms. The third-order valence-corrected chi connectivity index (χ3v) is 6.07. The second-order valence-corrected chi connectivity index (χ2v) is 7.87. The number of benzene rings is 1. The summed E-state index contributed by atoms with van der Waals surface area (Å²) in [4.78, 5) is 19.9. The Morgan fingerprint density at radius 2 is 2.03 bits per heavy atom. The molecular formula is C21H23F2N5O. The summed E-state index contributed by atoms with van der Waals surface area (Å²) in [5, 5.41) is 4.85. The number of aromatic nitrogens is 4. The fourth-order valence-electron chi connectivity index (χ4n) is 4.74. The number of alkyl halides is 2. The lowest BCUT2D eigenvalue weighted by molar-refractivity contribution is 0.120. The van der Waals surface area contributed by atoms with E-state index in [1.807, 2.05) is 12.3 Å². The Kier molecular flexibility index (Phi) is 4.66. The summed E-state index contributed by atoms with van der Waals surface area (Å²) in [5.74, 6) is 0.454. The van der Waals surface area contributed by atoms with E-state index in [1.54, 1.807) is 18.2 Å². The molecule has 6 nitrogen and oxygen atoms in total. The number of aryl methyl sites for hydroxylation is 1. The maximum Gasteiger partial charge on any atom is 0.261 e. The van der Waals surface area contributed by atoms with Crippen LogP contribution in [-0.4, -0.2) is 37.2 Å². The monoisotopic (exact) mass is 399 g/mol. The predicted molar refractivity (Wildman–Crippen MR) is 105 cm³/mol. The van der Waals surface area contributed by atoms with E-state index >= 15 is 0 Å². The summed E-state index contributed by atoms with van der Waals surface area (Å²) in [6.07, 6.45) is 3.20. The van der Waals surface area contributed by atoms with Gasteiger partial charge in [0.15, 0.2) is 0 Å². The Labute approximate surface area is 166 Å². The van der Waals surface area contributed by atoms with E-state index in [1.165, 1.54) is 15.8 Å². The van der Waals surface area contributed by atoms with Crippen molar-refractivity contribution < 1.29 is 8.78 Å². The molecule has 2 aliphatic rings. The van der Waals surface area contributed by atoms with Gasteiger partial charge in [-0.3, -0.25) is 18.9 Å². The predicted octanol–water partition coefficient (Wildman–Crippen LogP) is 3.14. The Morgan fingerprint density at radius 1 is 1.17 bits per heavy atom. The van der Waals surface area contributed by atoms with Crippen molar-refractivity contribution >= 4 is 10.9 Å². The van der Waals surface area contributed by atoms with Crippen LogP contribution in [0.5, 0.6) is 0 Å². The van der Waals surface area contributed by atoms with Crippen LogP contribution >= 0.6 is 0 Å². The molecule has 0 amide bonds. The molecule has 3 aromatic rings. The van der Waals surface area contributed by atoms with Gasteiger partial charge in [0.2, 0.25) is 0 Å². The van der Waals surface area contributed by atoms with Crippen LogP contribution in [0.4, 0.5) is 8.78 Å². The van der Waals surface area contributed by atoms with E-state index < -0.39 is 13.0 Å². The van der Waals surface area contributed by atoms with Gasteiger partial charge >= 0.3 is 0 Å². The molecule has 0 spiro atoms. The number of halogens is 2. The molecule has 5 rings (SSSR count). The standard InChI is InChI=1S/C21H23F2N5O/c22-19(23)13-27-20(25-16-6-2-1-5-15(16)21(27)29)18-8-3-9-26(18)12-14-11-24-28-10-4-7-17(14)28/h1-2,5-6,11,18-19H,3-4,7-10,12-13H2. The fraction of sp³-hybridized carbons (Fsp3) is 0.476. The summed E-state index contributed by atoms with van der Waals surface area (Å²) in [6, 6.07) is 6.83. The number of nitrogens with zero attached hydrogens (tertiary/aromatic N) is 5. The molecule has 4 heterocycles. The molecule has 1 fully saturated rings. The number of hydrogen-bond acceptors (Lipinski definition) is 4. The number of para-hydroxylation sites is 1. The molecule has 1 saturated heterocycles. The average molecular weight is 399 g/mol. The number of rotatable bonds is 5. The van der Waals surface area contributed by atoms with Crippen LogP contribution in [0.2, 0.25) is 0 Å². The zero-order valence-corrected chi connectivity index (χ0v) is 16.1. The van der Waals surface area contributed by atoms with Crippen LogP contribution in [0.25, 0.3) is 10.9 Å². The average Bonchev–Trinajstić information content (AvgIpc) is 3.43. The number of fused-ring (bicyclic) bond motifs is 2. The topological polar surface area (TPSA) is 56.0 Å². The second kappa shape index (κ2) is 7.33. The normalized spacial score (nSPS) is 19.5. The molecule has 2 aliphatic heterocycles. The van der Waals surface area contributed by atoms with E-state index in [0.717, 1.165) is 38.8 Å². The summed E-state index contributed by atoms with van der Waals surface area (Å²) in [6.45, 7) is 1.89. The first kappa shape index (κ1) is 18.4. The summed E-state index contributed by atoms with van der Waals surface area (Å²) in [7, 11) is 0. The van der Waals surface area contributed by atoms with E-state index in [9.17, 15) is 13.6 Å². The van der Waals surface area contributed by atoms with E-state index in [2.05, 4.69) is 14.7 Å². The van der Waals surface area contributed by atoms with Crippen LogP contribution in [0.1, 0.15) is 42.4 Å². The van der Waals surface area contributed by atoms with Gasteiger partial charge in [-0.1, -0.05) is 12.1 Å². The van der Waals surface area contributed by atoms with Gasteiger partial charge in [0.25, 0.3) is 12.0 Å². The van der Waals surface area contributed by atoms with Crippen LogP contribution in [0.3, 0.4) is 0 Å². The molecule has 29 heavy (non-hydrogen) atoms. The zero-order valence-electron chi connectivity index (χ0n) is 16.1. The molecule has 0 aliphatic carbocycles. The molecule has 0 radical (unpaired) electrons. The first-order valence-corrected chi connectivity index (χ1v) is 10.2. The van der Waals surface area contributed by atoms with Crippen molar-refractivity contribution in [3.8, 4) is 0 Å². The van der Waals surface area contributed by atoms with Gasteiger partial charge in [-0.15, -0.1) is 0 Å². The van der Waals surface area contributed by atoms with Crippen molar-refractivity contribution in [1.29, 1.82) is 0 Å². The highest BCUT2D eigenvalue weighted by Crippen LogP contribution is 2.33. The SMILES string of the molecule is O=c1c2ccccc2nc(C2CCCN2Cc2cnn3c2CCC3)n1CC(F)F.